The summed E-state index contributed by atoms with van der Waals surface area (Å²) in [5.74, 6) is 0.611. The smallest absolute Gasteiger partial charge is 0.376 e. The van der Waals surface area contributed by atoms with Gasteiger partial charge in [-0.3, -0.25) is 0 Å². The Hall–Kier alpha value is -1.36. The van der Waals surface area contributed by atoms with Crippen LogP contribution in [0.15, 0.2) is 4.42 Å². The van der Waals surface area contributed by atoms with Crippen molar-refractivity contribution in [3.8, 4) is 0 Å². The molecule has 0 radical (unpaired) electrons. The maximum absolute atomic E-state index is 12.2. The zero-order valence-electron chi connectivity index (χ0n) is 11.7. The van der Waals surface area contributed by atoms with Crippen LogP contribution in [0.2, 0.25) is 0 Å². The molecule has 0 amide bonds. The molecular weight excluding hydrogens is 246 g/mol. The quantitative estimate of drug-likeness (QED) is 0.767. The molecule has 1 aliphatic heterocycles. The van der Waals surface area contributed by atoms with Gasteiger partial charge < -0.3 is 13.9 Å². The molecule has 2 aliphatic rings. The van der Waals surface area contributed by atoms with Gasteiger partial charge in [0.25, 0.3) is 0 Å². The molecular formula is C14H19NO4. The van der Waals surface area contributed by atoms with E-state index >= 15 is 0 Å². The molecule has 2 heterocycles. The molecule has 1 aromatic heterocycles. The van der Waals surface area contributed by atoms with Crippen molar-refractivity contribution in [3.63, 3.8) is 0 Å². The Morgan fingerprint density at radius 3 is 2.79 bits per heavy atom. The second kappa shape index (κ2) is 4.07. The van der Waals surface area contributed by atoms with E-state index in [9.17, 15) is 4.79 Å². The van der Waals surface area contributed by atoms with Crippen molar-refractivity contribution in [1.82, 2.24) is 4.98 Å². The SMILES string of the molecule is Cc1nc(C)c(C(=O)O[C@@H]2[C@@H]3CCO[C@@H]3C2(C)C)o1. The topological polar surface area (TPSA) is 61.6 Å². The van der Waals surface area contributed by atoms with E-state index in [2.05, 4.69) is 18.8 Å². The molecule has 2 fully saturated rings. The maximum atomic E-state index is 12.2. The molecule has 1 aliphatic carbocycles. The number of carbonyl (C=O) groups is 1. The van der Waals surface area contributed by atoms with Crippen molar-refractivity contribution >= 4 is 5.97 Å². The first-order valence-electron chi connectivity index (χ1n) is 6.68. The van der Waals surface area contributed by atoms with Gasteiger partial charge in [-0.15, -0.1) is 0 Å². The molecule has 1 saturated carbocycles. The van der Waals surface area contributed by atoms with Crippen molar-refractivity contribution in [2.45, 2.75) is 46.3 Å². The number of hydrogen-bond donors (Lipinski definition) is 0. The van der Waals surface area contributed by atoms with E-state index in [4.69, 9.17) is 13.9 Å². The highest BCUT2D eigenvalue weighted by atomic mass is 16.6. The Morgan fingerprint density at radius 1 is 1.42 bits per heavy atom. The number of esters is 1. The molecule has 0 spiro atoms. The van der Waals surface area contributed by atoms with Crippen LogP contribution in [0.3, 0.4) is 0 Å². The summed E-state index contributed by atoms with van der Waals surface area (Å²) in [6.45, 7) is 8.39. The monoisotopic (exact) mass is 265 g/mol. The van der Waals surface area contributed by atoms with E-state index in [0.29, 0.717) is 17.5 Å². The van der Waals surface area contributed by atoms with Crippen molar-refractivity contribution < 1.29 is 18.7 Å². The van der Waals surface area contributed by atoms with E-state index in [-0.39, 0.29) is 23.4 Å². The minimum atomic E-state index is -0.415. The lowest BCUT2D eigenvalue weighted by Crippen LogP contribution is -2.61. The molecule has 104 valence electrons. The number of rotatable bonds is 2. The van der Waals surface area contributed by atoms with Gasteiger partial charge in [-0.05, 0) is 13.3 Å². The number of hydrogen-bond acceptors (Lipinski definition) is 5. The van der Waals surface area contributed by atoms with Crippen LogP contribution < -0.4 is 0 Å². The van der Waals surface area contributed by atoms with E-state index in [1.165, 1.54) is 0 Å². The summed E-state index contributed by atoms with van der Waals surface area (Å²) in [6.07, 6.45) is 1.07. The van der Waals surface area contributed by atoms with Gasteiger partial charge in [0.1, 0.15) is 6.10 Å². The summed E-state index contributed by atoms with van der Waals surface area (Å²) < 4.78 is 16.6. The van der Waals surface area contributed by atoms with E-state index < -0.39 is 5.97 Å². The normalized spacial score (nSPS) is 31.7. The number of aryl methyl sites for hydroxylation is 2. The van der Waals surface area contributed by atoms with Crippen molar-refractivity contribution in [1.29, 1.82) is 0 Å². The lowest BCUT2D eigenvalue weighted by molar-refractivity contribution is -0.183. The van der Waals surface area contributed by atoms with Gasteiger partial charge in [0.15, 0.2) is 5.89 Å². The Kier molecular flexibility index (Phi) is 2.71. The number of fused-ring (bicyclic) bond motifs is 1. The van der Waals surface area contributed by atoms with Crippen LogP contribution in [-0.2, 0) is 9.47 Å². The Bertz CT molecular complexity index is 520. The molecule has 0 aromatic carbocycles. The van der Waals surface area contributed by atoms with Crippen LogP contribution in [0.25, 0.3) is 0 Å². The summed E-state index contributed by atoms with van der Waals surface area (Å²) in [5, 5.41) is 0. The molecule has 19 heavy (non-hydrogen) atoms. The molecule has 0 N–H and O–H groups in total. The first-order chi connectivity index (χ1) is 8.91. The van der Waals surface area contributed by atoms with Gasteiger partial charge in [-0.2, -0.15) is 0 Å². The molecule has 1 saturated heterocycles. The third-order valence-corrected chi connectivity index (χ3v) is 4.32. The summed E-state index contributed by atoms with van der Waals surface area (Å²) in [5.41, 5.74) is 0.457. The van der Waals surface area contributed by atoms with Crippen LogP contribution >= 0.6 is 0 Å². The molecule has 3 atom stereocenters. The number of aromatic nitrogens is 1. The predicted molar refractivity (Wildman–Crippen MR) is 66.8 cm³/mol. The molecule has 5 heteroatoms. The average Bonchev–Trinajstić information content (AvgIpc) is 2.91. The van der Waals surface area contributed by atoms with Gasteiger partial charge in [-0.1, -0.05) is 13.8 Å². The third-order valence-electron chi connectivity index (χ3n) is 4.32. The van der Waals surface area contributed by atoms with Gasteiger partial charge in [0.05, 0.1) is 11.8 Å². The van der Waals surface area contributed by atoms with Crippen LogP contribution in [-0.4, -0.2) is 29.8 Å². The standard InChI is InChI=1S/C14H19NO4/c1-7-10(18-8(2)15-7)13(16)19-12-9-5-6-17-11(9)14(12,3)4/h9,11-12H,5-6H2,1-4H3/t9-,11+,12-/m1/s1. The molecule has 0 unspecified atom stereocenters. The second-order valence-electron chi connectivity index (χ2n) is 6.04. The fraction of sp³-hybridized carbons (Fsp3) is 0.714. The first kappa shape index (κ1) is 12.7. The highest BCUT2D eigenvalue weighted by Crippen LogP contribution is 2.53. The number of oxazole rings is 1. The minimum Gasteiger partial charge on any atom is -0.455 e. The van der Waals surface area contributed by atoms with Crippen LogP contribution in [0.1, 0.15) is 42.4 Å². The van der Waals surface area contributed by atoms with Crippen molar-refractivity contribution in [3.05, 3.63) is 17.3 Å². The molecule has 5 nitrogen and oxygen atoms in total. The Balaban J connectivity index is 1.75. The van der Waals surface area contributed by atoms with Crippen LogP contribution in [0.5, 0.6) is 0 Å². The Morgan fingerprint density at radius 2 is 2.16 bits per heavy atom. The molecule has 1 aromatic rings. The van der Waals surface area contributed by atoms with Crippen LogP contribution in [0, 0.1) is 25.2 Å². The summed E-state index contributed by atoms with van der Waals surface area (Å²) in [6, 6.07) is 0. The summed E-state index contributed by atoms with van der Waals surface area (Å²) >= 11 is 0. The summed E-state index contributed by atoms with van der Waals surface area (Å²) in [4.78, 5) is 16.3. The largest absolute Gasteiger partial charge is 0.455 e. The Labute approximate surface area is 112 Å². The zero-order valence-corrected chi connectivity index (χ0v) is 11.7. The lowest BCUT2D eigenvalue weighted by atomic mass is 9.59. The van der Waals surface area contributed by atoms with E-state index in [1.807, 2.05) is 0 Å². The second-order valence-corrected chi connectivity index (χ2v) is 6.04. The average molecular weight is 265 g/mol. The van der Waals surface area contributed by atoms with Crippen molar-refractivity contribution in [2.75, 3.05) is 6.61 Å². The van der Waals surface area contributed by atoms with Gasteiger partial charge >= 0.3 is 5.97 Å². The highest BCUT2D eigenvalue weighted by Gasteiger charge is 2.61. The fourth-order valence-electron chi connectivity index (χ4n) is 3.41. The van der Waals surface area contributed by atoms with Gasteiger partial charge in [0.2, 0.25) is 5.76 Å². The van der Waals surface area contributed by atoms with Gasteiger partial charge in [-0.25, -0.2) is 9.78 Å². The molecule has 0 bridgehead atoms. The van der Waals surface area contributed by atoms with Gasteiger partial charge in [0, 0.05) is 24.9 Å². The predicted octanol–water partition coefficient (Wildman–Crippen LogP) is 2.26. The summed E-state index contributed by atoms with van der Waals surface area (Å²) in [7, 11) is 0. The maximum Gasteiger partial charge on any atom is 0.376 e. The van der Waals surface area contributed by atoms with E-state index in [0.717, 1.165) is 13.0 Å². The minimum absolute atomic E-state index is 0.0997. The number of ether oxygens (including phenoxy) is 2. The van der Waals surface area contributed by atoms with Crippen molar-refractivity contribution in [2.24, 2.45) is 11.3 Å². The number of carbonyl (C=O) groups excluding carboxylic acids is 1. The lowest BCUT2D eigenvalue weighted by Gasteiger charge is -2.52. The fourth-order valence-corrected chi connectivity index (χ4v) is 3.41. The highest BCUT2D eigenvalue weighted by molar-refractivity contribution is 5.87. The van der Waals surface area contributed by atoms with Crippen LogP contribution in [0.4, 0.5) is 0 Å². The zero-order chi connectivity index (χ0) is 13.8. The number of nitrogens with zero attached hydrogens (tertiary/aromatic N) is 1. The molecule has 3 rings (SSSR count). The first-order valence-corrected chi connectivity index (χ1v) is 6.68. The third kappa shape index (κ3) is 1.79. The van der Waals surface area contributed by atoms with E-state index in [1.54, 1.807) is 13.8 Å².